The van der Waals surface area contributed by atoms with E-state index in [1.54, 1.807) is 0 Å². The van der Waals surface area contributed by atoms with Crippen LogP contribution in [-0.2, 0) is 4.79 Å². The minimum absolute atomic E-state index is 0.0222. The molecule has 2 unspecified atom stereocenters. The number of rotatable bonds is 3. The summed E-state index contributed by atoms with van der Waals surface area (Å²) in [5, 5.41) is 6.88. The summed E-state index contributed by atoms with van der Waals surface area (Å²) >= 11 is 6.19. The molecule has 1 aromatic rings. The molecule has 1 aliphatic rings. The van der Waals surface area contributed by atoms with Gasteiger partial charge in [0.2, 0.25) is 5.91 Å². The molecule has 1 amide bonds. The molecular weight excluding hydrogens is 262 g/mol. The molecule has 1 heterocycles. The molecule has 19 heavy (non-hydrogen) atoms. The fraction of sp³-hybridized carbons (Fsp3) is 0.500. The monoisotopic (exact) mass is 281 g/mol. The van der Waals surface area contributed by atoms with Crippen LogP contribution < -0.4 is 15.5 Å². The Morgan fingerprint density at radius 2 is 2.16 bits per heavy atom. The molecule has 0 saturated carbocycles. The molecule has 4 nitrogen and oxygen atoms in total. The number of carbonyl (C=O) groups excluding carboxylic acids is 1. The van der Waals surface area contributed by atoms with Crippen molar-refractivity contribution in [1.29, 1.82) is 0 Å². The van der Waals surface area contributed by atoms with Crippen LogP contribution in [0.1, 0.15) is 6.92 Å². The lowest BCUT2D eigenvalue weighted by Gasteiger charge is -2.21. The van der Waals surface area contributed by atoms with Crippen molar-refractivity contribution in [2.24, 2.45) is 11.8 Å². The number of hydrogen-bond acceptors (Lipinski definition) is 3. The highest BCUT2D eigenvalue weighted by molar-refractivity contribution is 6.34. The van der Waals surface area contributed by atoms with Crippen LogP contribution in [0.2, 0.25) is 5.02 Å². The molecule has 5 heteroatoms. The van der Waals surface area contributed by atoms with Gasteiger partial charge in [-0.15, -0.1) is 0 Å². The largest absolute Gasteiger partial charge is 0.375 e. The molecule has 2 atom stereocenters. The Morgan fingerprint density at radius 1 is 1.42 bits per heavy atom. The highest BCUT2D eigenvalue weighted by Gasteiger charge is 2.30. The molecule has 0 aliphatic carbocycles. The lowest BCUT2D eigenvalue weighted by molar-refractivity contribution is -0.120. The second-order valence-electron chi connectivity index (χ2n) is 5.26. The Balaban J connectivity index is 2.19. The Kier molecular flexibility index (Phi) is 4.32. The summed E-state index contributed by atoms with van der Waals surface area (Å²) in [6.45, 7) is 3.73. The summed E-state index contributed by atoms with van der Waals surface area (Å²) in [6.07, 6.45) is 0. The minimum atomic E-state index is 0.0222. The number of hydrogen-bond donors (Lipinski definition) is 2. The van der Waals surface area contributed by atoms with Gasteiger partial charge in [0.15, 0.2) is 0 Å². The maximum atomic E-state index is 12.3. The van der Waals surface area contributed by atoms with Gasteiger partial charge in [0.05, 0.1) is 22.3 Å². The van der Waals surface area contributed by atoms with Gasteiger partial charge in [-0.3, -0.25) is 4.79 Å². The van der Waals surface area contributed by atoms with Gasteiger partial charge < -0.3 is 15.5 Å². The zero-order valence-electron chi connectivity index (χ0n) is 11.5. The maximum absolute atomic E-state index is 12.3. The van der Waals surface area contributed by atoms with Gasteiger partial charge >= 0.3 is 0 Å². The molecule has 1 aliphatic heterocycles. The Morgan fingerprint density at radius 3 is 2.74 bits per heavy atom. The molecule has 0 aromatic heterocycles. The third kappa shape index (κ3) is 3.01. The topological polar surface area (TPSA) is 44.4 Å². The first kappa shape index (κ1) is 14.2. The average Bonchev–Trinajstić information content (AvgIpc) is 2.75. The number of nitrogens with zero attached hydrogens (tertiary/aromatic N) is 1. The summed E-state index contributed by atoms with van der Waals surface area (Å²) < 4.78 is 0. The lowest BCUT2D eigenvalue weighted by atomic mass is 9.97. The van der Waals surface area contributed by atoms with Crippen molar-refractivity contribution in [3.8, 4) is 0 Å². The lowest BCUT2D eigenvalue weighted by Crippen LogP contribution is -2.28. The van der Waals surface area contributed by atoms with Gasteiger partial charge in [0, 0.05) is 20.6 Å². The molecule has 1 aromatic carbocycles. The quantitative estimate of drug-likeness (QED) is 0.893. The molecule has 0 spiro atoms. The summed E-state index contributed by atoms with van der Waals surface area (Å²) in [5.41, 5.74) is 1.61. The van der Waals surface area contributed by atoms with Crippen LogP contribution in [0, 0.1) is 11.8 Å². The molecule has 1 saturated heterocycles. The van der Waals surface area contributed by atoms with Crippen LogP contribution in [0.4, 0.5) is 11.4 Å². The standard InChI is InChI=1S/C14H20ClN3O/c1-9-7-16-8-10(9)14(19)17-12-6-4-5-11(15)13(12)18(2)3/h4-6,9-10,16H,7-8H2,1-3H3,(H,17,19). The highest BCUT2D eigenvalue weighted by Crippen LogP contribution is 2.33. The van der Waals surface area contributed by atoms with Crippen LogP contribution in [0.15, 0.2) is 18.2 Å². The van der Waals surface area contributed by atoms with E-state index in [1.165, 1.54) is 0 Å². The summed E-state index contributed by atoms with van der Waals surface area (Å²) in [7, 11) is 3.83. The smallest absolute Gasteiger partial charge is 0.229 e. The Hall–Kier alpha value is -1.26. The second-order valence-corrected chi connectivity index (χ2v) is 5.67. The van der Waals surface area contributed by atoms with Crippen LogP contribution in [0.25, 0.3) is 0 Å². The molecule has 0 bridgehead atoms. The van der Waals surface area contributed by atoms with E-state index in [1.807, 2.05) is 37.2 Å². The van der Waals surface area contributed by atoms with Crippen LogP contribution in [-0.4, -0.2) is 33.1 Å². The summed E-state index contributed by atoms with van der Waals surface area (Å²) in [5.74, 6) is 0.443. The normalized spacial score (nSPS) is 22.3. The molecule has 2 rings (SSSR count). The fourth-order valence-electron chi connectivity index (χ4n) is 2.46. The number of benzene rings is 1. The number of halogens is 1. The SMILES string of the molecule is CC1CNCC1C(=O)Nc1cccc(Cl)c1N(C)C. The Bertz CT molecular complexity index is 476. The van der Waals surface area contributed by atoms with Gasteiger partial charge in [0.25, 0.3) is 0 Å². The van der Waals surface area contributed by atoms with Gasteiger partial charge in [-0.2, -0.15) is 0 Å². The second kappa shape index (κ2) is 5.80. The number of amides is 1. The van der Waals surface area contributed by atoms with E-state index in [9.17, 15) is 4.79 Å². The van der Waals surface area contributed by atoms with E-state index in [0.717, 1.165) is 24.5 Å². The zero-order valence-corrected chi connectivity index (χ0v) is 12.3. The van der Waals surface area contributed by atoms with Crippen molar-refractivity contribution in [2.75, 3.05) is 37.4 Å². The minimum Gasteiger partial charge on any atom is -0.375 e. The number of carbonyl (C=O) groups is 1. The third-order valence-corrected chi connectivity index (χ3v) is 3.85. The van der Waals surface area contributed by atoms with E-state index in [0.29, 0.717) is 10.9 Å². The van der Waals surface area contributed by atoms with E-state index >= 15 is 0 Å². The number of anilines is 2. The Labute approximate surface area is 119 Å². The molecular formula is C14H20ClN3O. The van der Waals surface area contributed by atoms with Gasteiger partial charge in [-0.25, -0.2) is 0 Å². The maximum Gasteiger partial charge on any atom is 0.229 e. The third-order valence-electron chi connectivity index (χ3n) is 3.55. The van der Waals surface area contributed by atoms with E-state index < -0.39 is 0 Å². The van der Waals surface area contributed by atoms with Crippen molar-refractivity contribution in [2.45, 2.75) is 6.92 Å². The van der Waals surface area contributed by atoms with Crippen LogP contribution >= 0.6 is 11.6 Å². The highest BCUT2D eigenvalue weighted by atomic mass is 35.5. The van der Waals surface area contributed by atoms with Crippen molar-refractivity contribution >= 4 is 28.9 Å². The number of nitrogens with one attached hydrogen (secondary N) is 2. The van der Waals surface area contributed by atoms with Crippen LogP contribution in [0.5, 0.6) is 0 Å². The van der Waals surface area contributed by atoms with Gasteiger partial charge in [0.1, 0.15) is 0 Å². The first-order valence-corrected chi connectivity index (χ1v) is 6.86. The molecule has 0 radical (unpaired) electrons. The first-order chi connectivity index (χ1) is 9.00. The molecule has 104 valence electrons. The van der Waals surface area contributed by atoms with E-state index in [4.69, 9.17) is 11.6 Å². The van der Waals surface area contributed by atoms with Crippen molar-refractivity contribution < 1.29 is 4.79 Å². The van der Waals surface area contributed by atoms with Crippen molar-refractivity contribution in [3.05, 3.63) is 23.2 Å². The molecule has 1 fully saturated rings. The first-order valence-electron chi connectivity index (χ1n) is 6.48. The van der Waals surface area contributed by atoms with Gasteiger partial charge in [-0.1, -0.05) is 24.6 Å². The fourth-order valence-corrected chi connectivity index (χ4v) is 2.80. The summed E-state index contributed by atoms with van der Waals surface area (Å²) in [4.78, 5) is 14.2. The van der Waals surface area contributed by atoms with Crippen molar-refractivity contribution in [1.82, 2.24) is 5.32 Å². The average molecular weight is 282 g/mol. The van der Waals surface area contributed by atoms with Crippen LogP contribution in [0.3, 0.4) is 0 Å². The van der Waals surface area contributed by atoms with Crippen molar-refractivity contribution in [3.63, 3.8) is 0 Å². The molecule has 2 N–H and O–H groups in total. The van der Waals surface area contributed by atoms with E-state index in [2.05, 4.69) is 17.6 Å². The zero-order chi connectivity index (χ0) is 14.0. The summed E-state index contributed by atoms with van der Waals surface area (Å²) in [6, 6.07) is 5.56. The predicted octanol–water partition coefficient (Wildman–Crippen LogP) is 2.20. The van der Waals surface area contributed by atoms with E-state index in [-0.39, 0.29) is 11.8 Å². The number of para-hydroxylation sites is 1. The van der Waals surface area contributed by atoms with Gasteiger partial charge in [-0.05, 0) is 24.6 Å². The predicted molar refractivity (Wildman–Crippen MR) is 79.9 cm³/mol.